The summed E-state index contributed by atoms with van der Waals surface area (Å²) in [5.41, 5.74) is 19.0. The maximum absolute atomic E-state index is 7.13. The molecule has 5 nitrogen and oxygen atoms in total. The van der Waals surface area contributed by atoms with Crippen molar-refractivity contribution in [1.29, 1.82) is 0 Å². The number of anilines is 4. The Labute approximate surface area is 523 Å². The third-order valence-electron chi connectivity index (χ3n) is 17.5. The number of pyridine rings is 1. The molecule has 0 unspecified atom stereocenters. The van der Waals surface area contributed by atoms with E-state index < -0.39 is 0 Å². The molecule has 0 saturated heterocycles. The smallest absolute Gasteiger partial charge is 0.509 e. The van der Waals surface area contributed by atoms with Gasteiger partial charge in [-0.3, -0.25) is 0 Å². The molecule has 0 amide bonds. The van der Waals surface area contributed by atoms with Crippen LogP contribution in [0.3, 0.4) is 0 Å². The molecule has 3 heterocycles. The minimum atomic E-state index is -0.309. The minimum Gasteiger partial charge on any atom is -0.509 e. The average Bonchev–Trinajstić information content (AvgIpc) is 2.01. The van der Waals surface area contributed by atoms with Crippen molar-refractivity contribution in [2.24, 2.45) is 0 Å². The van der Waals surface area contributed by atoms with E-state index in [-0.39, 0.29) is 55.6 Å². The van der Waals surface area contributed by atoms with Crippen molar-refractivity contribution < 1.29 is 25.8 Å². The molecule has 85 heavy (non-hydrogen) atoms. The molecule has 0 spiro atoms. The van der Waals surface area contributed by atoms with Gasteiger partial charge < -0.3 is 26.5 Å². The maximum atomic E-state index is 7.13. The summed E-state index contributed by atoms with van der Waals surface area (Å²) >= 11 is 0. The van der Waals surface area contributed by atoms with Crippen LogP contribution in [0.4, 0.5) is 22.7 Å². The number of aromatic nitrogens is 2. The summed E-state index contributed by atoms with van der Waals surface area (Å²) in [7, 11) is 0. The zero-order valence-corrected chi connectivity index (χ0v) is 55.8. The fourth-order valence-corrected chi connectivity index (χ4v) is 12.1. The molecule has 0 aliphatic carbocycles. The second-order valence-corrected chi connectivity index (χ2v) is 28.0. The number of nitrogens with zero attached hydrogens (tertiary/aromatic N) is 4. The van der Waals surface area contributed by atoms with Gasteiger partial charge in [0, 0.05) is 51.1 Å². The first kappa shape index (κ1) is 62.3. The van der Waals surface area contributed by atoms with Crippen molar-refractivity contribution >= 4 is 44.6 Å². The molecule has 0 saturated carbocycles. The van der Waals surface area contributed by atoms with Gasteiger partial charge in [-0.1, -0.05) is 226 Å². The zero-order chi connectivity index (χ0) is 59.1. The summed E-state index contributed by atoms with van der Waals surface area (Å²) in [6.07, 6.45) is 1.93. The topological polar surface area (TPSA) is 33.5 Å². The monoisotopic (exact) mass is 1300 g/mol. The number of rotatable bonds is 12. The second-order valence-electron chi connectivity index (χ2n) is 28.0. The van der Waals surface area contributed by atoms with Crippen LogP contribution in [0.15, 0.2) is 176 Å². The van der Waals surface area contributed by atoms with Gasteiger partial charge in [0.05, 0.1) is 0 Å². The third-order valence-corrected chi connectivity index (χ3v) is 17.5. The fourth-order valence-electron chi connectivity index (χ4n) is 12.1. The Morgan fingerprint density at radius 1 is 0.459 bits per heavy atom. The van der Waals surface area contributed by atoms with E-state index in [0.717, 1.165) is 55.9 Å². The predicted molar refractivity (Wildman–Crippen MR) is 357 cm³/mol. The van der Waals surface area contributed by atoms with Crippen molar-refractivity contribution in [2.45, 2.75) is 157 Å². The Kier molecular flexibility index (Phi) is 17.0. The van der Waals surface area contributed by atoms with Gasteiger partial charge in [0.1, 0.15) is 5.82 Å². The van der Waals surface area contributed by atoms with Gasteiger partial charge >= 0.3 is 21.1 Å². The Morgan fingerprint density at radius 3 is 1.60 bits per heavy atom. The van der Waals surface area contributed by atoms with Crippen LogP contribution < -0.4 is 14.5 Å². The van der Waals surface area contributed by atoms with E-state index >= 15 is 0 Å². The molecule has 10 aromatic rings. The Morgan fingerprint density at radius 2 is 1.04 bits per heavy atom. The molecule has 2 aromatic heterocycles. The Balaban J connectivity index is 0.00000432. The van der Waals surface area contributed by atoms with Crippen LogP contribution in [-0.2, 0) is 48.1 Å². The first-order valence-electron chi connectivity index (χ1n) is 29.9. The van der Waals surface area contributed by atoms with E-state index in [0.29, 0.717) is 23.3 Å². The van der Waals surface area contributed by atoms with E-state index in [1.807, 2.05) is 6.20 Å². The van der Waals surface area contributed by atoms with Crippen molar-refractivity contribution in [2.75, 3.05) is 9.80 Å². The average molecular weight is 1300 g/mol. The van der Waals surface area contributed by atoms with Crippen molar-refractivity contribution in [3.05, 3.63) is 252 Å². The first-order valence-corrected chi connectivity index (χ1v) is 29.9. The van der Waals surface area contributed by atoms with Crippen LogP contribution in [0.2, 0.25) is 0 Å². The van der Waals surface area contributed by atoms with E-state index in [9.17, 15) is 0 Å². The van der Waals surface area contributed by atoms with Crippen LogP contribution in [0.1, 0.15) is 180 Å². The number of hydrogen-bond donors (Lipinski definition) is 0. The van der Waals surface area contributed by atoms with Gasteiger partial charge in [-0.05, 0) is 132 Å². The van der Waals surface area contributed by atoms with Crippen LogP contribution in [0.5, 0.6) is 11.5 Å². The molecule has 8 aromatic carbocycles. The molecule has 438 valence electrons. The minimum absolute atomic E-state index is 0. The van der Waals surface area contributed by atoms with Gasteiger partial charge in [-0.15, -0.1) is 53.6 Å². The summed E-state index contributed by atoms with van der Waals surface area (Å²) in [6.45, 7) is 41.3. The predicted octanol–water partition coefficient (Wildman–Crippen LogP) is 21.9. The second kappa shape index (κ2) is 23.2. The van der Waals surface area contributed by atoms with Crippen molar-refractivity contribution in [1.82, 2.24) is 9.55 Å². The van der Waals surface area contributed by atoms with Gasteiger partial charge in [0.25, 0.3) is 0 Å². The molecule has 0 atom stereocenters. The van der Waals surface area contributed by atoms with Crippen molar-refractivity contribution in [3.8, 4) is 28.4 Å². The van der Waals surface area contributed by atoms with Crippen molar-refractivity contribution in [3.63, 3.8) is 0 Å². The third kappa shape index (κ3) is 11.9. The normalized spacial score (nSPS) is 13.2. The van der Waals surface area contributed by atoms with Crippen LogP contribution in [-0.4, -0.2) is 9.55 Å². The summed E-state index contributed by atoms with van der Waals surface area (Å²) in [6, 6.07) is 70.7. The summed E-state index contributed by atoms with van der Waals surface area (Å²) in [5, 5.41) is 2.26. The molecule has 0 radical (unpaired) electrons. The molecular formula is C79H86N4OPt. The quantitative estimate of drug-likeness (QED) is 0.114. The standard InChI is InChI=1S/C78H83N4O.CH3.Pt/c1-50(2)64-29-24-30-65(51(3)4)73(64)52-31-35-69-71(39-52)81(49-80(69)60-42-58(77(14,15)53-25-20-18-21-26-53)40-59(43-60)78(16,17)54-27-22-19-23-28-54)61-41-57(76(11,12)13)44-63(47-61)83-62-33-34-66-67-45-55(74(5,6)7)32-36-68(67)82(70(66)48-62)72-46-56(37-38-79-72)75(8,9)10;;/h18-46,49-51H,1-17H3;1H3;/q-3;-1;+4. The summed E-state index contributed by atoms with van der Waals surface area (Å²) in [4.78, 5) is 9.76. The SMILES string of the molecule is CC(C)c1cccc(C(C)C)c1-c1ccc2c(c1)N(c1[c-]c(Oc3[c-]c4c(cc3)c3cc(C(C)(C)C)ccc3n4-c3cc(C(C)(C)C)ccn3)cc(C(C)(C)C)c1)[CH-]N2c1cc(C(C)(C)c2ccccc2)cc(C(C)(C)c2ccccc2)c1.[CH3-].[Pt+4]. The fraction of sp³-hybridized carbons (Fsp3) is 0.304. The molecule has 0 N–H and O–H groups in total. The van der Waals surface area contributed by atoms with E-state index in [1.165, 1.54) is 55.6 Å². The molecular weight excluding hydrogens is 1220 g/mol. The molecule has 6 heteroatoms. The Hall–Kier alpha value is -7.20. The summed E-state index contributed by atoms with van der Waals surface area (Å²) < 4.78 is 9.39. The van der Waals surface area contributed by atoms with Crippen LogP contribution in [0, 0.1) is 26.2 Å². The number of hydrogen-bond acceptors (Lipinski definition) is 4. The van der Waals surface area contributed by atoms with E-state index in [4.69, 9.17) is 9.72 Å². The molecule has 11 rings (SSSR count). The zero-order valence-electron chi connectivity index (χ0n) is 53.5. The summed E-state index contributed by atoms with van der Waals surface area (Å²) in [5.74, 6) is 2.73. The molecule has 1 aliphatic heterocycles. The van der Waals surface area contributed by atoms with Gasteiger partial charge in [0.15, 0.2) is 0 Å². The number of ether oxygens (including phenoxy) is 1. The van der Waals surface area contributed by atoms with Gasteiger partial charge in [-0.2, -0.15) is 6.07 Å². The van der Waals surface area contributed by atoms with Gasteiger partial charge in [0.2, 0.25) is 0 Å². The first-order chi connectivity index (χ1) is 39.2. The number of fused-ring (bicyclic) bond motifs is 4. The molecule has 0 bridgehead atoms. The van der Waals surface area contributed by atoms with E-state index in [1.54, 1.807) is 0 Å². The number of benzene rings is 8. The van der Waals surface area contributed by atoms with E-state index in [2.05, 4.69) is 321 Å². The molecule has 1 aliphatic rings. The largest absolute Gasteiger partial charge is 4.00 e. The van der Waals surface area contributed by atoms with Crippen LogP contribution >= 0.6 is 0 Å². The van der Waals surface area contributed by atoms with Crippen LogP contribution in [0.25, 0.3) is 38.8 Å². The molecule has 0 fully saturated rings. The Bertz CT molecular complexity index is 3950. The van der Waals surface area contributed by atoms with Gasteiger partial charge in [-0.25, -0.2) is 4.98 Å². The maximum Gasteiger partial charge on any atom is 4.00 e.